The van der Waals surface area contributed by atoms with E-state index < -0.39 is 0 Å². The van der Waals surface area contributed by atoms with Crippen LogP contribution in [0.4, 0.5) is 0 Å². The average Bonchev–Trinajstić information content (AvgIpc) is 1.00. The molecule has 0 bridgehead atoms. The van der Waals surface area contributed by atoms with Gasteiger partial charge in [-0.15, -0.1) is 0 Å². The Morgan fingerprint density at radius 2 is 1.25 bits per heavy atom. The van der Waals surface area contributed by atoms with E-state index in [0.717, 1.165) is 20.6 Å². The van der Waals surface area contributed by atoms with E-state index in [2.05, 4.69) is 9.29 Å². The van der Waals surface area contributed by atoms with Gasteiger partial charge in [0.05, 0.1) is 0 Å². The molecule has 0 aliphatic carbocycles. The van der Waals surface area contributed by atoms with Gasteiger partial charge >= 0.3 is 52.9 Å². The first-order chi connectivity index (χ1) is 1.00. The van der Waals surface area contributed by atoms with Crippen LogP contribution in [0.25, 0.3) is 0 Å². The summed E-state index contributed by atoms with van der Waals surface area (Å²) in [5, 5.41) is 0. The Morgan fingerprint density at radius 3 is 1.25 bits per heavy atom. The molecule has 0 aromatic rings. The summed E-state index contributed by atoms with van der Waals surface area (Å²) in [6.45, 7) is 0. The first-order valence-electron chi connectivity index (χ1n) is 0.204. The fraction of sp³-hybridized carbons (Fsp3) is 0. The molecule has 0 aliphatic rings. The van der Waals surface area contributed by atoms with E-state index in [1.54, 1.807) is 0 Å². The Kier molecular flexibility index (Phi) is 73.1. The van der Waals surface area contributed by atoms with Gasteiger partial charge in [0.2, 0.25) is 0 Å². The van der Waals surface area contributed by atoms with Crippen LogP contribution in [-0.2, 0) is 19.5 Å². The molecule has 0 aromatic heterocycles. The van der Waals surface area contributed by atoms with Crippen molar-refractivity contribution in [2.45, 2.75) is 0 Å². The molecule has 0 atom stereocenters. The minimum absolute atomic E-state index is 0. The van der Waals surface area contributed by atoms with E-state index in [0.29, 0.717) is 0 Å². The third-order valence-electron chi connectivity index (χ3n) is 0. The van der Waals surface area contributed by atoms with Gasteiger partial charge in [0, 0.05) is 19.5 Å². The van der Waals surface area contributed by atoms with Gasteiger partial charge in [-0.25, -0.2) is 0 Å². The van der Waals surface area contributed by atoms with Crippen molar-refractivity contribution >= 4 is 52.9 Å². The molecule has 0 aromatic carbocycles. The first kappa shape index (κ1) is 16.1. The molecule has 4 heteroatoms. The van der Waals surface area contributed by atoms with Crippen LogP contribution in [0, 0.1) is 0 Å². The average molecular weight is 242 g/mol. The second kappa shape index (κ2) is 18.1. The van der Waals surface area contributed by atoms with Gasteiger partial charge in [0.1, 0.15) is 0 Å². The summed E-state index contributed by atoms with van der Waals surface area (Å²) < 4.78 is 0. The normalized spacial score (nSPS) is 1.00. The summed E-state index contributed by atoms with van der Waals surface area (Å²) in [7, 11) is 4.17. The first-order valence-corrected chi connectivity index (χ1v) is 4.11. The standard InChI is InChI=1S/Mg.S.Sn.Zn.2H. The Bertz CT molecular complexity index is 8.00. The molecular formula is H2MgSSnZn. The zero-order valence-electron chi connectivity index (χ0n) is 1.62. The van der Waals surface area contributed by atoms with Crippen molar-refractivity contribution in [3.8, 4) is 0 Å². The van der Waals surface area contributed by atoms with Crippen LogP contribution in [0.1, 0.15) is 0 Å². The Morgan fingerprint density at radius 1 is 1.25 bits per heavy atom. The predicted octanol–water partition coefficient (Wildman–Crippen LogP) is -0.651. The van der Waals surface area contributed by atoms with E-state index in [9.17, 15) is 0 Å². The molecule has 0 aliphatic heterocycles. The van der Waals surface area contributed by atoms with Gasteiger partial charge in [-0.05, 0) is 0 Å². The van der Waals surface area contributed by atoms with Crippen LogP contribution in [0.3, 0.4) is 0 Å². The van der Waals surface area contributed by atoms with Crippen LogP contribution < -0.4 is 0 Å². The van der Waals surface area contributed by atoms with Gasteiger partial charge in [-0.1, -0.05) is 0 Å². The molecule has 16 valence electrons. The van der Waals surface area contributed by atoms with E-state index >= 15 is 0 Å². The largest absolute Gasteiger partial charge is 0 e. The quantitative estimate of drug-likeness (QED) is 0.509. The smallest absolute Gasteiger partial charge is 0 e. The molecule has 0 spiro atoms. The van der Waals surface area contributed by atoms with E-state index in [1.807, 2.05) is 0 Å². The Hall–Kier alpha value is 2.41. The van der Waals surface area contributed by atoms with Crippen LogP contribution >= 0.6 is 9.29 Å². The van der Waals surface area contributed by atoms with Crippen LogP contribution in [0.5, 0.6) is 0 Å². The molecule has 0 saturated heterocycles. The zero-order chi connectivity index (χ0) is 2.00. The van der Waals surface area contributed by atoms with Gasteiger partial charge < -0.3 is 0 Å². The monoisotopic (exact) mass is 242 g/mol. The van der Waals surface area contributed by atoms with Crippen molar-refractivity contribution < 1.29 is 19.5 Å². The topological polar surface area (TPSA) is 0 Å². The zero-order valence-corrected chi connectivity index (χ0v) is 8.25. The minimum atomic E-state index is 0. The van der Waals surface area contributed by atoms with Crippen molar-refractivity contribution in [3.63, 3.8) is 0 Å². The molecule has 0 amide bonds. The summed E-state index contributed by atoms with van der Waals surface area (Å²) in [5.74, 6) is 0. The Balaban J connectivity index is -0.00000000500. The Labute approximate surface area is 71.3 Å². The van der Waals surface area contributed by atoms with Gasteiger partial charge in [0.25, 0.3) is 0 Å². The molecule has 0 nitrogen and oxygen atoms in total. The fourth-order valence-corrected chi connectivity index (χ4v) is 0. The van der Waals surface area contributed by atoms with E-state index in [1.165, 1.54) is 0 Å². The molecule has 0 heterocycles. The summed E-state index contributed by atoms with van der Waals surface area (Å²) in [6, 6.07) is 0. The number of rotatable bonds is 0. The van der Waals surface area contributed by atoms with Crippen molar-refractivity contribution in [1.29, 1.82) is 0 Å². The summed E-state index contributed by atoms with van der Waals surface area (Å²) >= 11 is 1.13. The SMILES string of the molecule is [MgH2].[S]=[Sn].[Zn]. The molecule has 0 fully saturated rings. The minimum Gasteiger partial charge on any atom is 0 e. The molecular weight excluding hydrogens is 240 g/mol. The van der Waals surface area contributed by atoms with Crippen molar-refractivity contribution in [2.75, 3.05) is 0 Å². The van der Waals surface area contributed by atoms with E-state index in [4.69, 9.17) is 0 Å². The number of hydrogen-bond acceptors (Lipinski definition) is 1. The van der Waals surface area contributed by atoms with Crippen LogP contribution in [0.15, 0.2) is 0 Å². The van der Waals surface area contributed by atoms with Crippen LogP contribution in [0.2, 0.25) is 0 Å². The second-order valence-electron chi connectivity index (χ2n) is 0. The maximum atomic E-state index is 4.17. The third kappa shape index (κ3) is 8.83. The molecule has 0 saturated carbocycles. The maximum Gasteiger partial charge on any atom is 0 e. The second-order valence-corrected chi connectivity index (χ2v) is 0. The fourth-order valence-electron chi connectivity index (χ4n) is 0. The molecule has 0 unspecified atom stereocenters. The number of hydrogen-bond donors (Lipinski definition) is 0. The molecule has 0 rings (SSSR count). The van der Waals surface area contributed by atoms with Crippen molar-refractivity contribution in [1.82, 2.24) is 0 Å². The predicted molar refractivity (Wildman–Crippen MR) is 21.9 cm³/mol. The summed E-state index contributed by atoms with van der Waals surface area (Å²) in [4.78, 5) is 0. The van der Waals surface area contributed by atoms with E-state index in [-0.39, 0.29) is 42.5 Å². The third-order valence-corrected chi connectivity index (χ3v) is 0. The van der Waals surface area contributed by atoms with Gasteiger partial charge in [-0.2, -0.15) is 0 Å². The molecule has 2 radical (unpaired) electrons. The van der Waals surface area contributed by atoms with Crippen molar-refractivity contribution in [3.05, 3.63) is 0 Å². The van der Waals surface area contributed by atoms with Crippen molar-refractivity contribution in [2.24, 2.45) is 0 Å². The van der Waals surface area contributed by atoms with Crippen LogP contribution in [-0.4, -0.2) is 43.6 Å². The molecule has 0 N–H and O–H groups in total. The van der Waals surface area contributed by atoms with Gasteiger partial charge in [-0.3, -0.25) is 0 Å². The molecule has 4 heavy (non-hydrogen) atoms. The summed E-state index contributed by atoms with van der Waals surface area (Å²) in [6.07, 6.45) is 0. The maximum absolute atomic E-state index is 4.17. The van der Waals surface area contributed by atoms with Gasteiger partial charge in [0.15, 0.2) is 0 Å². The summed E-state index contributed by atoms with van der Waals surface area (Å²) in [5.41, 5.74) is 0.